The van der Waals surface area contributed by atoms with Crippen LogP contribution in [0.2, 0.25) is 0 Å². The molecule has 0 aliphatic carbocycles. The molecule has 1 aromatic heterocycles. The Labute approximate surface area is 127 Å². The summed E-state index contributed by atoms with van der Waals surface area (Å²) in [6.07, 6.45) is 1.64. The first kappa shape index (κ1) is 15.1. The van der Waals surface area contributed by atoms with E-state index in [9.17, 15) is 4.79 Å². The van der Waals surface area contributed by atoms with Crippen molar-refractivity contribution in [3.8, 4) is 11.5 Å². The topological polar surface area (TPSA) is 72.5 Å². The van der Waals surface area contributed by atoms with Crippen LogP contribution in [0.5, 0.6) is 11.5 Å². The SMILES string of the molecule is COc1ccc([C@@H](C)NC(=O)Nc2nccs2)cc1OC. The Morgan fingerprint density at radius 1 is 1.29 bits per heavy atom. The number of hydrogen-bond donors (Lipinski definition) is 2. The van der Waals surface area contributed by atoms with Crippen LogP contribution in [0.4, 0.5) is 9.93 Å². The molecule has 6 nitrogen and oxygen atoms in total. The van der Waals surface area contributed by atoms with Gasteiger partial charge in [0.25, 0.3) is 0 Å². The molecule has 0 spiro atoms. The van der Waals surface area contributed by atoms with Gasteiger partial charge >= 0.3 is 6.03 Å². The van der Waals surface area contributed by atoms with Gasteiger partial charge in [-0.25, -0.2) is 9.78 Å². The zero-order valence-electron chi connectivity index (χ0n) is 12.0. The summed E-state index contributed by atoms with van der Waals surface area (Å²) in [5.74, 6) is 1.28. The van der Waals surface area contributed by atoms with Gasteiger partial charge in [-0.15, -0.1) is 11.3 Å². The van der Waals surface area contributed by atoms with Crippen molar-refractivity contribution >= 4 is 22.5 Å². The average Bonchev–Trinajstić information content (AvgIpc) is 2.99. The Morgan fingerprint density at radius 2 is 2.05 bits per heavy atom. The first-order chi connectivity index (χ1) is 10.1. The smallest absolute Gasteiger partial charge is 0.321 e. The molecule has 0 aliphatic heterocycles. The molecular weight excluding hydrogens is 290 g/mol. The monoisotopic (exact) mass is 307 g/mol. The molecule has 1 atom stereocenters. The second kappa shape index (κ2) is 6.94. The van der Waals surface area contributed by atoms with Gasteiger partial charge in [-0.1, -0.05) is 6.07 Å². The third-order valence-electron chi connectivity index (χ3n) is 2.91. The summed E-state index contributed by atoms with van der Waals surface area (Å²) >= 11 is 1.37. The summed E-state index contributed by atoms with van der Waals surface area (Å²) < 4.78 is 10.4. The van der Waals surface area contributed by atoms with Gasteiger partial charge in [-0.2, -0.15) is 0 Å². The van der Waals surface area contributed by atoms with Crippen molar-refractivity contribution in [2.45, 2.75) is 13.0 Å². The highest BCUT2D eigenvalue weighted by Gasteiger charge is 2.13. The van der Waals surface area contributed by atoms with Crippen molar-refractivity contribution in [1.29, 1.82) is 0 Å². The zero-order valence-corrected chi connectivity index (χ0v) is 12.9. The molecule has 0 unspecified atom stereocenters. The molecule has 2 amide bonds. The largest absolute Gasteiger partial charge is 0.493 e. The summed E-state index contributed by atoms with van der Waals surface area (Å²) in [7, 11) is 3.16. The number of rotatable bonds is 5. The third kappa shape index (κ3) is 3.85. The van der Waals surface area contributed by atoms with Crippen molar-refractivity contribution in [2.24, 2.45) is 0 Å². The van der Waals surface area contributed by atoms with E-state index in [0.29, 0.717) is 16.6 Å². The number of carbonyl (C=O) groups excluding carboxylic acids is 1. The molecule has 0 aliphatic rings. The lowest BCUT2D eigenvalue weighted by atomic mass is 10.1. The minimum atomic E-state index is -0.299. The van der Waals surface area contributed by atoms with Crippen LogP contribution in [0, 0.1) is 0 Å². The van der Waals surface area contributed by atoms with Gasteiger partial charge in [0.15, 0.2) is 16.6 Å². The Hall–Kier alpha value is -2.28. The number of urea groups is 1. The molecule has 7 heteroatoms. The summed E-state index contributed by atoms with van der Waals surface area (Å²) in [5.41, 5.74) is 0.918. The number of nitrogens with one attached hydrogen (secondary N) is 2. The fourth-order valence-electron chi connectivity index (χ4n) is 1.82. The van der Waals surface area contributed by atoms with Crippen molar-refractivity contribution in [3.63, 3.8) is 0 Å². The molecule has 112 valence electrons. The van der Waals surface area contributed by atoms with Gasteiger partial charge in [-0.3, -0.25) is 5.32 Å². The van der Waals surface area contributed by atoms with Gasteiger partial charge in [-0.05, 0) is 24.6 Å². The standard InChI is InChI=1S/C14H17N3O3S/c1-9(16-13(18)17-14-15-6-7-21-14)10-4-5-11(19-2)12(8-10)20-3/h4-9H,1-3H3,(H2,15,16,17,18)/t9-/m1/s1. The second-order valence-electron chi connectivity index (χ2n) is 4.27. The molecular formula is C14H17N3O3S. The van der Waals surface area contributed by atoms with Crippen molar-refractivity contribution in [1.82, 2.24) is 10.3 Å². The summed E-state index contributed by atoms with van der Waals surface area (Å²) in [6, 6.07) is 5.06. The number of anilines is 1. The summed E-state index contributed by atoms with van der Waals surface area (Å²) in [4.78, 5) is 15.9. The third-order valence-corrected chi connectivity index (χ3v) is 3.60. The summed E-state index contributed by atoms with van der Waals surface area (Å²) in [6.45, 7) is 1.89. The molecule has 0 bridgehead atoms. The van der Waals surface area contributed by atoms with E-state index in [2.05, 4.69) is 15.6 Å². The second-order valence-corrected chi connectivity index (χ2v) is 5.17. The lowest BCUT2D eigenvalue weighted by Gasteiger charge is -2.16. The maximum Gasteiger partial charge on any atom is 0.321 e. The highest BCUT2D eigenvalue weighted by atomic mass is 32.1. The lowest BCUT2D eigenvalue weighted by Crippen LogP contribution is -2.31. The van der Waals surface area contributed by atoms with Crippen LogP contribution < -0.4 is 20.1 Å². The quantitative estimate of drug-likeness (QED) is 0.890. The minimum Gasteiger partial charge on any atom is -0.493 e. The lowest BCUT2D eigenvalue weighted by molar-refractivity contribution is 0.249. The number of thiazole rings is 1. The number of ether oxygens (including phenoxy) is 2. The van der Waals surface area contributed by atoms with Crippen LogP contribution in [-0.4, -0.2) is 25.2 Å². The van der Waals surface area contributed by atoms with Gasteiger partial charge in [0, 0.05) is 11.6 Å². The van der Waals surface area contributed by atoms with Crippen LogP contribution in [0.1, 0.15) is 18.5 Å². The van der Waals surface area contributed by atoms with Crippen molar-refractivity contribution in [3.05, 3.63) is 35.3 Å². The van der Waals surface area contributed by atoms with Crippen LogP contribution in [-0.2, 0) is 0 Å². The molecule has 2 N–H and O–H groups in total. The minimum absolute atomic E-state index is 0.176. The Kier molecular flexibility index (Phi) is 4.99. The number of carbonyl (C=O) groups is 1. The maximum atomic E-state index is 11.9. The molecule has 0 fully saturated rings. The van der Waals surface area contributed by atoms with E-state index in [-0.39, 0.29) is 12.1 Å². The fourth-order valence-corrected chi connectivity index (χ4v) is 2.34. The van der Waals surface area contributed by atoms with Gasteiger partial charge in [0.1, 0.15) is 0 Å². The van der Waals surface area contributed by atoms with E-state index in [1.807, 2.05) is 25.1 Å². The van der Waals surface area contributed by atoms with E-state index in [1.54, 1.807) is 25.8 Å². The van der Waals surface area contributed by atoms with E-state index in [1.165, 1.54) is 11.3 Å². The van der Waals surface area contributed by atoms with Crippen LogP contribution in [0.15, 0.2) is 29.8 Å². The molecule has 0 saturated carbocycles. The molecule has 2 aromatic rings. The molecule has 0 radical (unpaired) electrons. The fraction of sp³-hybridized carbons (Fsp3) is 0.286. The van der Waals surface area contributed by atoms with Crippen molar-refractivity contribution < 1.29 is 14.3 Å². The predicted octanol–water partition coefficient (Wildman–Crippen LogP) is 3.04. The number of aromatic nitrogens is 1. The maximum absolute atomic E-state index is 11.9. The normalized spacial score (nSPS) is 11.6. The van der Waals surface area contributed by atoms with Crippen LogP contribution >= 0.6 is 11.3 Å². The average molecular weight is 307 g/mol. The Morgan fingerprint density at radius 3 is 2.67 bits per heavy atom. The zero-order chi connectivity index (χ0) is 15.2. The molecule has 2 rings (SSSR count). The number of methoxy groups -OCH3 is 2. The Bertz CT molecular complexity index is 602. The first-order valence-corrected chi connectivity index (χ1v) is 7.21. The van der Waals surface area contributed by atoms with Gasteiger partial charge in [0.2, 0.25) is 0 Å². The van der Waals surface area contributed by atoms with Gasteiger partial charge < -0.3 is 14.8 Å². The molecule has 0 saturated heterocycles. The number of hydrogen-bond acceptors (Lipinski definition) is 5. The van der Waals surface area contributed by atoms with Crippen LogP contribution in [0.25, 0.3) is 0 Å². The number of amides is 2. The molecule has 1 heterocycles. The predicted molar refractivity (Wildman–Crippen MR) is 82.2 cm³/mol. The molecule has 21 heavy (non-hydrogen) atoms. The highest BCUT2D eigenvalue weighted by molar-refractivity contribution is 7.13. The van der Waals surface area contributed by atoms with E-state index in [0.717, 1.165) is 5.56 Å². The van der Waals surface area contributed by atoms with E-state index in [4.69, 9.17) is 9.47 Å². The van der Waals surface area contributed by atoms with Crippen molar-refractivity contribution in [2.75, 3.05) is 19.5 Å². The highest BCUT2D eigenvalue weighted by Crippen LogP contribution is 2.29. The summed E-state index contributed by atoms with van der Waals surface area (Å²) in [5, 5.41) is 7.88. The number of nitrogens with zero attached hydrogens (tertiary/aromatic N) is 1. The van der Waals surface area contributed by atoms with E-state index >= 15 is 0 Å². The number of benzene rings is 1. The Balaban J connectivity index is 2.02. The van der Waals surface area contributed by atoms with Crippen LogP contribution in [0.3, 0.4) is 0 Å². The first-order valence-electron chi connectivity index (χ1n) is 6.33. The molecule has 1 aromatic carbocycles. The van der Waals surface area contributed by atoms with E-state index < -0.39 is 0 Å². The van der Waals surface area contributed by atoms with Gasteiger partial charge in [0.05, 0.1) is 20.3 Å².